The minimum atomic E-state index is -0.862. The number of phenols is 1. The summed E-state index contributed by atoms with van der Waals surface area (Å²) in [6.45, 7) is 1.68. The number of hydrogen-bond acceptors (Lipinski definition) is 3. The molecular weight excluding hydrogens is 316 g/mol. The first-order valence-electron chi connectivity index (χ1n) is 8.79. The molecule has 1 aliphatic carbocycles. The molecule has 4 heteroatoms. The number of aliphatic hydroxyl groups is 1. The Morgan fingerprint density at radius 2 is 1.88 bits per heavy atom. The maximum atomic E-state index is 11.5. The van der Waals surface area contributed by atoms with E-state index in [2.05, 4.69) is 0 Å². The molecule has 0 radical (unpaired) electrons. The number of carboxylic acid groups (broad SMARTS) is 1. The minimum Gasteiger partial charge on any atom is -0.508 e. The molecule has 2 aromatic rings. The summed E-state index contributed by atoms with van der Waals surface area (Å²) < 4.78 is 0. The number of benzene rings is 2. The molecule has 0 amide bonds. The van der Waals surface area contributed by atoms with E-state index in [0.29, 0.717) is 0 Å². The number of phenolic OH excluding ortho intramolecular Hbond substituents is 1. The lowest BCUT2D eigenvalue weighted by atomic mass is 9.87. The van der Waals surface area contributed by atoms with Crippen molar-refractivity contribution < 1.29 is 20.1 Å². The highest BCUT2D eigenvalue weighted by atomic mass is 16.4. The fraction of sp³-hybridized carbons (Fsp3) is 0.381. The topological polar surface area (TPSA) is 77.8 Å². The zero-order valence-corrected chi connectivity index (χ0v) is 14.4. The Balaban J connectivity index is 1.99. The van der Waals surface area contributed by atoms with Crippen LogP contribution in [0.25, 0.3) is 11.1 Å². The molecule has 3 rings (SSSR count). The van der Waals surface area contributed by atoms with E-state index >= 15 is 0 Å². The highest BCUT2D eigenvalue weighted by Gasteiger charge is 2.26. The predicted molar refractivity (Wildman–Crippen MR) is 96.6 cm³/mol. The molecule has 1 aliphatic rings. The van der Waals surface area contributed by atoms with Gasteiger partial charge in [0.1, 0.15) is 5.75 Å². The van der Waals surface area contributed by atoms with Gasteiger partial charge in [-0.3, -0.25) is 4.79 Å². The van der Waals surface area contributed by atoms with Crippen molar-refractivity contribution >= 4 is 5.97 Å². The lowest BCUT2D eigenvalue weighted by Crippen LogP contribution is -2.16. The highest BCUT2D eigenvalue weighted by molar-refractivity contribution is 5.81. The van der Waals surface area contributed by atoms with E-state index in [4.69, 9.17) is 0 Å². The fourth-order valence-corrected chi connectivity index (χ4v) is 3.69. The number of carboxylic acids is 1. The number of carbonyl (C=O) groups is 1. The smallest absolute Gasteiger partial charge is 0.310 e. The van der Waals surface area contributed by atoms with Gasteiger partial charge in [-0.15, -0.1) is 0 Å². The molecule has 0 heterocycles. The molecule has 132 valence electrons. The van der Waals surface area contributed by atoms with Crippen LogP contribution in [0.3, 0.4) is 0 Å². The maximum absolute atomic E-state index is 11.5. The van der Waals surface area contributed by atoms with Crippen LogP contribution in [0.1, 0.15) is 43.2 Å². The van der Waals surface area contributed by atoms with Crippen molar-refractivity contribution in [2.24, 2.45) is 5.92 Å². The summed E-state index contributed by atoms with van der Waals surface area (Å²) in [5.74, 6) is -1.02. The first-order valence-corrected chi connectivity index (χ1v) is 8.79. The number of rotatable bonds is 5. The van der Waals surface area contributed by atoms with E-state index in [-0.39, 0.29) is 17.8 Å². The van der Waals surface area contributed by atoms with Crippen molar-refractivity contribution in [1.82, 2.24) is 0 Å². The molecule has 25 heavy (non-hydrogen) atoms. The third-order valence-electron chi connectivity index (χ3n) is 5.25. The molecule has 0 spiro atoms. The van der Waals surface area contributed by atoms with Crippen molar-refractivity contribution in [3.05, 3.63) is 53.6 Å². The van der Waals surface area contributed by atoms with Gasteiger partial charge in [-0.2, -0.15) is 0 Å². The summed E-state index contributed by atoms with van der Waals surface area (Å²) in [6, 6.07) is 12.7. The Morgan fingerprint density at radius 3 is 2.48 bits per heavy atom. The van der Waals surface area contributed by atoms with Gasteiger partial charge in [-0.25, -0.2) is 0 Å². The standard InChI is InChI=1S/C21H24O4/c1-13(21(24)25)18-10-5-14(11-16-3-2-4-20(16)23)12-19(18)15-6-8-17(22)9-7-15/h5-10,12-13,16,20,22-23H,2-4,11H2,1H3,(H,24,25)/t13?,16-,20-/m1/s1. The number of aromatic hydroxyl groups is 1. The Labute approximate surface area is 147 Å². The highest BCUT2D eigenvalue weighted by Crippen LogP contribution is 2.34. The molecule has 3 N–H and O–H groups in total. The van der Waals surface area contributed by atoms with Crippen LogP contribution in [0, 0.1) is 5.92 Å². The van der Waals surface area contributed by atoms with Gasteiger partial charge in [0.25, 0.3) is 0 Å². The van der Waals surface area contributed by atoms with Crippen molar-refractivity contribution in [2.45, 2.75) is 44.6 Å². The maximum Gasteiger partial charge on any atom is 0.310 e. The van der Waals surface area contributed by atoms with Gasteiger partial charge in [0.15, 0.2) is 0 Å². The Kier molecular flexibility index (Phi) is 5.09. The van der Waals surface area contributed by atoms with Gasteiger partial charge in [0.05, 0.1) is 12.0 Å². The van der Waals surface area contributed by atoms with Crippen LogP contribution in [0.4, 0.5) is 0 Å². The van der Waals surface area contributed by atoms with Crippen molar-refractivity contribution in [3.63, 3.8) is 0 Å². The Morgan fingerprint density at radius 1 is 1.16 bits per heavy atom. The molecule has 0 aliphatic heterocycles. The van der Waals surface area contributed by atoms with Crippen LogP contribution < -0.4 is 0 Å². The second-order valence-corrected chi connectivity index (χ2v) is 6.99. The first kappa shape index (κ1) is 17.5. The molecule has 1 fully saturated rings. The lowest BCUT2D eigenvalue weighted by Gasteiger charge is -2.18. The molecule has 0 aromatic heterocycles. The van der Waals surface area contributed by atoms with E-state index < -0.39 is 11.9 Å². The van der Waals surface area contributed by atoms with Crippen LogP contribution >= 0.6 is 0 Å². The van der Waals surface area contributed by atoms with E-state index in [1.807, 2.05) is 18.2 Å². The summed E-state index contributed by atoms with van der Waals surface area (Å²) in [5.41, 5.74) is 3.62. The number of aliphatic hydroxyl groups excluding tert-OH is 1. The second kappa shape index (κ2) is 7.28. The molecule has 0 saturated heterocycles. The van der Waals surface area contributed by atoms with Crippen LogP contribution in [0.5, 0.6) is 5.75 Å². The van der Waals surface area contributed by atoms with Crippen LogP contribution in [0.15, 0.2) is 42.5 Å². The molecule has 2 aromatic carbocycles. The SMILES string of the molecule is CC(C(=O)O)c1ccc(C[C@H]2CCC[C@H]2O)cc1-c1ccc(O)cc1. The van der Waals surface area contributed by atoms with Crippen LogP contribution in [-0.2, 0) is 11.2 Å². The zero-order valence-electron chi connectivity index (χ0n) is 14.4. The van der Waals surface area contributed by atoms with Crippen molar-refractivity contribution in [3.8, 4) is 16.9 Å². The zero-order chi connectivity index (χ0) is 18.0. The van der Waals surface area contributed by atoms with Gasteiger partial charge < -0.3 is 15.3 Å². The van der Waals surface area contributed by atoms with Crippen molar-refractivity contribution in [2.75, 3.05) is 0 Å². The average molecular weight is 340 g/mol. The first-order chi connectivity index (χ1) is 12.0. The minimum absolute atomic E-state index is 0.182. The molecule has 3 atom stereocenters. The molecule has 4 nitrogen and oxygen atoms in total. The summed E-state index contributed by atoms with van der Waals surface area (Å²) in [6.07, 6.45) is 3.51. The van der Waals surface area contributed by atoms with Gasteiger partial charge in [-0.1, -0.05) is 36.8 Å². The normalized spacial score (nSPS) is 21.2. The van der Waals surface area contributed by atoms with Gasteiger partial charge in [-0.05, 0) is 66.5 Å². The largest absolute Gasteiger partial charge is 0.508 e. The summed E-state index contributed by atoms with van der Waals surface area (Å²) in [5, 5.41) is 29.0. The van der Waals surface area contributed by atoms with Gasteiger partial charge in [0, 0.05) is 0 Å². The van der Waals surface area contributed by atoms with E-state index in [0.717, 1.165) is 47.9 Å². The monoisotopic (exact) mass is 340 g/mol. The molecule has 1 saturated carbocycles. The fourth-order valence-electron chi connectivity index (χ4n) is 3.69. The number of aliphatic carboxylic acids is 1. The molecule has 1 unspecified atom stereocenters. The predicted octanol–water partition coefficient (Wildman–Crippen LogP) is 3.95. The van der Waals surface area contributed by atoms with E-state index in [9.17, 15) is 20.1 Å². The van der Waals surface area contributed by atoms with Gasteiger partial charge in [0.2, 0.25) is 0 Å². The molecular formula is C21H24O4. The Bertz CT molecular complexity index is 751. The average Bonchev–Trinajstić information content (AvgIpc) is 2.99. The number of hydrogen-bond donors (Lipinski definition) is 3. The summed E-state index contributed by atoms with van der Waals surface area (Å²) in [7, 11) is 0. The summed E-state index contributed by atoms with van der Waals surface area (Å²) >= 11 is 0. The Hall–Kier alpha value is -2.33. The second-order valence-electron chi connectivity index (χ2n) is 6.99. The van der Waals surface area contributed by atoms with E-state index in [1.54, 1.807) is 31.2 Å². The molecule has 0 bridgehead atoms. The van der Waals surface area contributed by atoms with Gasteiger partial charge >= 0.3 is 5.97 Å². The lowest BCUT2D eigenvalue weighted by molar-refractivity contribution is -0.138. The third-order valence-corrected chi connectivity index (χ3v) is 5.25. The van der Waals surface area contributed by atoms with Crippen molar-refractivity contribution in [1.29, 1.82) is 0 Å². The summed E-state index contributed by atoms with van der Waals surface area (Å²) in [4.78, 5) is 11.5. The van der Waals surface area contributed by atoms with Crippen LogP contribution in [0.2, 0.25) is 0 Å². The van der Waals surface area contributed by atoms with Crippen LogP contribution in [-0.4, -0.2) is 27.4 Å². The van der Waals surface area contributed by atoms with E-state index in [1.165, 1.54) is 0 Å². The quantitative estimate of drug-likeness (QED) is 0.770. The third kappa shape index (κ3) is 3.85.